The number of thiazole rings is 1. The number of hydrogen-bond donors (Lipinski definition) is 0. The van der Waals surface area contributed by atoms with Crippen molar-refractivity contribution in [3.8, 4) is 0 Å². The highest BCUT2D eigenvalue weighted by Gasteiger charge is 2.00. The molecule has 0 amide bonds. The highest BCUT2D eigenvalue weighted by atomic mass is 32.1. The van der Waals surface area contributed by atoms with E-state index in [0.29, 0.717) is 6.61 Å². The van der Waals surface area contributed by atoms with E-state index in [1.807, 2.05) is 30.7 Å². The van der Waals surface area contributed by atoms with Gasteiger partial charge < -0.3 is 9.40 Å². The molecule has 0 atom stereocenters. The summed E-state index contributed by atoms with van der Waals surface area (Å²) in [5, 5.41) is 4.04. The van der Waals surface area contributed by atoms with Crippen molar-refractivity contribution < 1.29 is 4.84 Å². The summed E-state index contributed by atoms with van der Waals surface area (Å²) < 4.78 is 3.27. The first-order valence-corrected chi connectivity index (χ1v) is 5.35. The van der Waals surface area contributed by atoms with Crippen LogP contribution in [-0.2, 0) is 11.9 Å². The van der Waals surface area contributed by atoms with Gasteiger partial charge in [-0.05, 0) is 19.1 Å². The van der Waals surface area contributed by atoms with Gasteiger partial charge in [-0.25, -0.2) is 0 Å². The Hall–Kier alpha value is -1.29. The molecule has 2 rings (SSSR count). The maximum absolute atomic E-state index is 5.04. The fraction of sp³-hybridized carbons (Fsp3) is 0.300. The van der Waals surface area contributed by atoms with Gasteiger partial charge in [-0.1, -0.05) is 28.6 Å². The van der Waals surface area contributed by atoms with Crippen molar-refractivity contribution in [3.05, 3.63) is 29.1 Å². The smallest absolute Gasteiger partial charge is 0.228 e. The van der Waals surface area contributed by atoms with Crippen molar-refractivity contribution in [2.24, 2.45) is 12.2 Å². The molecule has 74 valence electrons. The van der Waals surface area contributed by atoms with Crippen LogP contribution in [0.4, 0.5) is 0 Å². The SMILES string of the molecule is CCON=c1sc2ccccc2n1C. The summed E-state index contributed by atoms with van der Waals surface area (Å²) in [6, 6.07) is 8.23. The first-order chi connectivity index (χ1) is 6.83. The molecular formula is C10H12N2OS. The van der Waals surface area contributed by atoms with Gasteiger partial charge in [0.15, 0.2) is 0 Å². The summed E-state index contributed by atoms with van der Waals surface area (Å²) in [7, 11) is 2.00. The maximum atomic E-state index is 5.04. The minimum atomic E-state index is 0.605. The quantitative estimate of drug-likeness (QED) is 0.694. The fourth-order valence-electron chi connectivity index (χ4n) is 1.29. The monoisotopic (exact) mass is 208 g/mol. The van der Waals surface area contributed by atoms with E-state index in [0.717, 1.165) is 4.80 Å². The molecule has 4 heteroatoms. The Labute approximate surface area is 86.2 Å². The molecule has 0 spiro atoms. The van der Waals surface area contributed by atoms with Gasteiger partial charge in [-0.15, -0.1) is 0 Å². The second-order valence-corrected chi connectivity index (χ2v) is 3.93. The van der Waals surface area contributed by atoms with Crippen LogP contribution in [0.2, 0.25) is 0 Å². The Kier molecular flexibility index (Phi) is 2.54. The van der Waals surface area contributed by atoms with Crippen molar-refractivity contribution in [3.63, 3.8) is 0 Å². The molecule has 0 unspecified atom stereocenters. The van der Waals surface area contributed by atoms with Crippen molar-refractivity contribution in [2.75, 3.05) is 6.61 Å². The van der Waals surface area contributed by atoms with Crippen molar-refractivity contribution >= 4 is 21.6 Å². The Morgan fingerprint density at radius 2 is 2.21 bits per heavy atom. The molecule has 1 aromatic heterocycles. The lowest BCUT2D eigenvalue weighted by atomic mass is 10.3. The number of aryl methyl sites for hydroxylation is 1. The fourth-order valence-corrected chi connectivity index (χ4v) is 2.27. The molecule has 0 bridgehead atoms. The average Bonchev–Trinajstić information content (AvgIpc) is 2.54. The minimum Gasteiger partial charge on any atom is -0.394 e. The van der Waals surface area contributed by atoms with E-state index in [1.54, 1.807) is 11.3 Å². The summed E-state index contributed by atoms with van der Waals surface area (Å²) in [4.78, 5) is 5.94. The number of fused-ring (bicyclic) bond motifs is 1. The predicted octanol–water partition coefficient (Wildman–Crippen LogP) is 2.09. The summed E-state index contributed by atoms with van der Waals surface area (Å²) >= 11 is 1.64. The zero-order valence-electron chi connectivity index (χ0n) is 8.23. The predicted molar refractivity (Wildman–Crippen MR) is 58.0 cm³/mol. The van der Waals surface area contributed by atoms with Crippen molar-refractivity contribution in [1.82, 2.24) is 4.57 Å². The number of hydrogen-bond acceptors (Lipinski definition) is 3. The molecule has 14 heavy (non-hydrogen) atoms. The van der Waals surface area contributed by atoms with Gasteiger partial charge in [-0.3, -0.25) is 0 Å². The van der Waals surface area contributed by atoms with Gasteiger partial charge in [0, 0.05) is 7.05 Å². The molecule has 1 aromatic carbocycles. The molecule has 2 aromatic rings. The molecule has 0 saturated carbocycles. The maximum Gasteiger partial charge on any atom is 0.228 e. The summed E-state index contributed by atoms with van der Waals surface area (Å²) in [6.07, 6.45) is 0. The third kappa shape index (κ3) is 1.53. The molecule has 0 radical (unpaired) electrons. The lowest BCUT2D eigenvalue weighted by Gasteiger charge is -1.93. The van der Waals surface area contributed by atoms with Crippen LogP contribution in [0.25, 0.3) is 10.2 Å². The summed E-state index contributed by atoms with van der Waals surface area (Å²) in [5.41, 5.74) is 1.19. The van der Waals surface area contributed by atoms with Crippen LogP contribution < -0.4 is 4.80 Å². The molecule has 0 aliphatic rings. The van der Waals surface area contributed by atoms with E-state index >= 15 is 0 Å². The molecule has 0 saturated heterocycles. The topological polar surface area (TPSA) is 26.5 Å². The average molecular weight is 208 g/mol. The van der Waals surface area contributed by atoms with Gasteiger partial charge in [0.25, 0.3) is 0 Å². The minimum absolute atomic E-state index is 0.605. The van der Waals surface area contributed by atoms with Crippen LogP contribution in [0.5, 0.6) is 0 Å². The number of aromatic nitrogens is 1. The second kappa shape index (κ2) is 3.84. The van der Waals surface area contributed by atoms with Gasteiger partial charge in [0.1, 0.15) is 6.61 Å². The Morgan fingerprint density at radius 3 is 2.93 bits per heavy atom. The number of benzene rings is 1. The normalized spacial score (nSPS) is 12.3. The highest BCUT2D eigenvalue weighted by Crippen LogP contribution is 2.14. The lowest BCUT2D eigenvalue weighted by Crippen LogP contribution is -2.10. The molecular weight excluding hydrogens is 196 g/mol. The third-order valence-corrected chi connectivity index (χ3v) is 3.08. The third-order valence-electron chi connectivity index (χ3n) is 1.99. The van der Waals surface area contributed by atoms with Crippen LogP contribution >= 0.6 is 11.3 Å². The first kappa shape index (κ1) is 9.27. The molecule has 3 nitrogen and oxygen atoms in total. The van der Waals surface area contributed by atoms with E-state index in [4.69, 9.17) is 4.84 Å². The van der Waals surface area contributed by atoms with Crippen molar-refractivity contribution in [1.29, 1.82) is 0 Å². The van der Waals surface area contributed by atoms with Crippen molar-refractivity contribution in [2.45, 2.75) is 6.92 Å². The molecule has 0 fully saturated rings. The first-order valence-electron chi connectivity index (χ1n) is 4.53. The van der Waals surface area contributed by atoms with E-state index in [9.17, 15) is 0 Å². The van der Waals surface area contributed by atoms with Gasteiger partial charge in [0.2, 0.25) is 4.80 Å². The second-order valence-electron chi connectivity index (χ2n) is 2.92. The van der Waals surface area contributed by atoms with E-state index in [2.05, 4.69) is 17.3 Å². The number of rotatable bonds is 2. The molecule has 0 N–H and O–H groups in total. The Bertz CT molecular complexity index is 498. The van der Waals surface area contributed by atoms with E-state index in [-0.39, 0.29) is 0 Å². The molecule has 0 aliphatic carbocycles. The summed E-state index contributed by atoms with van der Waals surface area (Å²) in [5.74, 6) is 0. The number of para-hydroxylation sites is 1. The Morgan fingerprint density at radius 1 is 1.43 bits per heavy atom. The zero-order valence-corrected chi connectivity index (χ0v) is 9.04. The van der Waals surface area contributed by atoms with Gasteiger partial charge in [-0.2, -0.15) is 0 Å². The Balaban J connectivity index is 2.62. The largest absolute Gasteiger partial charge is 0.394 e. The van der Waals surface area contributed by atoms with E-state index < -0.39 is 0 Å². The van der Waals surface area contributed by atoms with E-state index in [1.165, 1.54) is 10.2 Å². The van der Waals surface area contributed by atoms with Crippen LogP contribution in [-0.4, -0.2) is 11.2 Å². The van der Waals surface area contributed by atoms with Crippen LogP contribution in [0.15, 0.2) is 29.4 Å². The molecule has 0 aliphatic heterocycles. The van der Waals surface area contributed by atoms with Crippen LogP contribution in [0.1, 0.15) is 6.92 Å². The van der Waals surface area contributed by atoms with Gasteiger partial charge in [0.05, 0.1) is 10.2 Å². The standard InChI is InChI=1S/C10H12N2OS/c1-3-13-11-10-12(2)8-6-4-5-7-9(8)14-10/h4-7H,3H2,1-2H3. The van der Waals surface area contributed by atoms with Gasteiger partial charge >= 0.3 is 0 Å². The molecule has 1 heterocycles. The lowest BCUT2D eigenvalue weighted by molar-refractivity contribution is 0.146. The zero-order chi connectivity index (χ0) is 9.97. The summed E-state index contributed by atoms with van der Waals surface area (Å²) in [6.45, 7) is 2.53. The highest BCUT2D eigenvalue weighted by molar-refractivity contribution is 7.16. The van der Waals surface area contributed by atoms with Crippen LogP contribution in [0.3, 0.4) is 0 Å². The van der Waals surface area contributed by atoms with Crippen LogP contribution in [0, 0.1) is 0 Å². The number of nitrogens with zero attached hydrogens (tertiary/aromatic N) is 2.